The van der Waals surface area contributed by atoms with Crippen molar-refractivity contribution >= 4 is 22.6 Å². The first-order chi connectivity index (χ1) is 20.2. The number of methoxy groups -OCH3 is 1. The predicted molar refractivity (Wildman–Crippen MR) is 162 cm³/mol. The van der Waals surface area contributed by atoms with E-state index < -0.39 is 17.7 Å². The zero-order valence-corrected chi connectivity index (χ0v) is 25.7. The number of piperidine rings is 1. The first kappa shape index (κ1) is 31.3. The summed E-state index contributed by atoms with van der Waals surface area (Å²) in [5.74, 6) is -0.582. The summed E-state index contributed by atoms with van der Waals surface area (Å²) in [6.45, 7) is 12.1. The summed E-state index contributed by atoms with van der Waals surface area (Å²) in [5.41, 5.74) is 4.77. The van der Waals surface area contributed by atoms with Gasteiger partial charge in [-0.1, -0.05) is 32.0 Å². The summed E-state index contributed by atoms with van der Waals surface area (Å²) in [6.07, 6.45) is 4.49. The normalized spacial score (nSPS) is 16.8. The molecule has 2 aromatic heterocycles. The number of aromatic nitrogens is 3. The molecule has 1 saturated heterocycles. The van der Waals surface area contributed by atoms with Gasteiger partial charge >= 0.3 is 0 Å². The number of halogens is 2. The summed E-state index contributed by atoms with van der Waals surface area (Å²) >= 11 is 0. The first-order valence-corrected chi connectivity index (χ1v) is 15.0. The molecule has 1 fully saturated rings. The topological polar surface area (TPSA) is 73.4 Å². The van der Waals surface area contributed by atoms with Gasteiger partial charge in [0.15, 0.2) is 11.6 Å². The van der Waals surface area contributed by atoms with Crippen molar-refractivity contribution in [1.82, 2.24) is 14.7 Å². The van der Waals surface area contributed by atoms with E-state index in [1.807, 2.05) is 39.8 Å². The first-order valence-electron chi connectivity index (χ1n) is 15.0. The Balaban J connectivity index is 0.00000198. The number of rotatable bonds is 9. The second-order valence-corrected chi connectivity index (χ2v) is 10.7. The van der Waals surface area contributed by atoms with E-state index in [1.54, 1.807) is 12.0 Å². The lowest BCUT2D eigenvalue weighted by atomic mass is 9.98. The molecule has 0 N–H and O–H groups in total. The maximum Gasteiger partial charge on any atom is 0.227 e. The number of anilines is 1. The molecule has 0 aliphatic carbocycles. The van der Waals surface area contributed by atoms with E-state index in [9.17, 15) is 13.6 Å². The molecular formula is C33H42F2N4O3. The molecule has 7 nitrogen and oxygen atoms in total. The van der Waals surface area contributed by atoms with Crippen molar-refractivity contribution < 1.29 is 22.8 Å². The third kappa shape index (κ3) is 6.11. The standard InChI is InChI=1S/C31H36F2N4O3.C2H6/c1-6-23(39-5)13-10-18(2)36-27-15-11-21(30-19(3)35-40-20(30)4)16-26(27)34-31(36)28-8-7-9-29(38)37(28)22-12-14-24(32)25(33)17-22;1-2/h11-12,14-18,23,28H,6-10,13H2,1-5H3;1-2H3/t18-,23-,28+;/m0./s1. The summed E-state index contributed by atoms with van der Waals surface area (Å²) in [4.78, 5) is 20.0. The molecule has 1 amide bonds. The number of fused-ring (bicyclic) bond motifs is 1. The van der Waals surface area contributed by atoms with E-state index in [2.05, 4.69) is 29.6 Å². The quantitative estimate of drug-likeness (QED) is 0.198. The number of ether oxygens (including phenoxy) is 1. The molecular weight excluding hydrogens is 538 g/mol. The lowest BCUT2D eigenvalue weighted by molar-refractivity contribution is -0.120. The molecule has 4 aromatic rings. The van der Waals surface area contributed by atoms with Crippen LogP contribution in [0.25, 0.3) is 22.2 Å². The van der Waals surface area contributed by atoms with Crippen molar-refractivity contribution in [2.75, 3.05) is 12.0 Å². The molecule has 3 heterocycles. The lowest BCUT2D eigenvalue weighted by Crippen LogP contribution is -2.40. The number of carbonyl (C=O) groups is 1. The van der Waals surface area contributed by atoms with E-state index in [-0.39, 0.29) is 18.1 Å². The molecule has 0 spiro atoms. The number of aryl methyl sites for hydroxylation is 2. The van der Waals surface area contributed by atoms with Gasteiger partial charge in [-0.15, -0.1) is 0 Å². The van der Waals surface area contributed by atoms with Crippen LogP contribution < -0.4 is 4.90 Å². The van der Waals surface area contributed by atoms with E-state index in [0.29, 0.717) is 24.9 Å². The summed E-state index contributed by atoms with van der Waals surface area (Å²) in [7, 11) is 1.74. The van der Waals surface area contributed by atoms with Crippen molar-refractivity contribution in [2.24, 2.45) is 0 Å². The Bertz CT molecular complexity index is 1510. The Kier molecular flexibility index (Phi) is 10.1. The van der Waals surface area contributed by atoms with Gasteiger partial charge in [-0.25, -0.2) is 13.8 Å². The second kappa shape index (κ2) is 13.6. The maximum absolute atomic E-state index is 14.3. The number of amides is 1. The number of carbonyl (C=O) groups excluding carboxylic acids is 1. The molecule has 9 heteroatoms. The average molecular weight is 581 g/mol. The highest BCUT2D eigenvalue weighted by atomic mass is 19.2. The van der Waals surface area contributed by atoms with Crippen molar-refractivity contribution in [2.45, 2.75) is 98.3 Å². The molecule has 2 aromatic carbocycles. The summed E-state index contributed by atoms with van der Waals surface area (Å²) in [5, 5.41) is 4.11. The molecule has 0 bridgehead atoms. The van der Waals surface area contributed by atoms with E-state index in [1.165, 1.54) is 6.07 Å². The largest absolute Gasteiger partial charge is 0.381 e. The molecule has 0 radical (unpaired) electrons. The molecule has 3 atom stereocenters. The average Bonchev–Trinajstić information content (AvgIpc) is 3.54. The van der Waals surface area contributed by atoms with Crippen LogP contribution in [0, 0.1) is 25.5 Å². The third-order valence-electron chi connectivity index (χ3n) is 8.10. The SMILES string of the molecule is CC.CC[C@@H](CC[C@H](C)n1c([C@H]2CCCC(=O)N2c2ccc(F)c(F)c2)nc2cc(-c3c(C)noc3C)ccc21)OC. The highest BCUT2D eigenvalue weighted by Gasteiger charge is 2.35. The van der Waals surface area contributed by atoms with Crippen LogP contribution in [-0.2, 0) is 9.53 Å². The summed E-state index contributed by atoms with van der Waals surface area (Å²) < 4.78 is 41.3. The van der Waals surface area contributed by atoms with Crippen LogP contribution in [0.1, 0.15) is 95.6 Å². The van der Waals surface area contributed by atoms with E-state index in [4.69, 9.17) is 14.2 Å². The predicted octanol–water partition coefficient (Wildman–Crippen LogP) is 8.64. The maximum atomic E-state index is 14.3. The highest BCUT2D eigenvalue weighted by molar-refractivity contribution is 5.95. The number of hydrogen-bond acceptors (Lipinski definition) is 5. The molecule has 5 rings (SSSR count). The van der Waals surface area contributed by atoms with Crippen LogP contribution in [-0.4, -0.2) is 33.8 Å². The fourth-order valence-electron chi connectivity index (χ4n) is 5.98. The van der Waals surface area contributed by atoms with Gasteiger partial charge < -0.3 is 18.7 Å². The Morgan fingerprint density at radius 1 is 1.10 bits per heavy atom. The van der Waals surface area contributed by atoms with Gasteiger partial charge in [0.1, 0.15) is 11.6 Å². The van der Waals surface area contributed by atoms with Gasteiger partial charge in [0.25, 0.3) is 0 Å². The van der Waals surface area contributed by atoms with Gasteiger partial charge in [0.05, 0.1) is 28.9 Å². The van der Waals surface area contributed by atoms with Crippen LogP contribution in [0.2, 0.25) is 0 Å². The smallest absolute Gasteiger partial charge is 0.227 e. The zero-order chi connectivity index (χ0) is 30.6. The van der Waals surface area contributed by atoms with Gasteiger partial charge in [-0.05, 0) is 82.7 Å². The minimum atomic E-state index is -0.981. The van der Waals surface area contributed by atoms with E-state index >= 15 is 0 Å². The second-order valence-electron chi connectivity index (χ2n) is 10.7. The highest BCUT2D eigenvalue weighted by Crippen LogP contribution is 2.40. The molecule has 226 valence electrons. The Labute approximate surface area is 246 Å². The van der Waals surface area contributed by atoms with Gasteiger partial charge in [-0.2, -0.15) is 0 Å². The summed E-state index contributed by atoms with van der Waals surface area (Å²) in [6, 6.07) is 9.40. The third-order valence-corrected chi connectivity index (χ3v) is 8.10. The van der Waals surface area contributed by atoms with Crippen molar-refractivity contribution in [3.8, 4) is 11.1 Å². The van der Waals surface area contributed by atoms with Crippen LogP contribution in [0.5, 0.6) is 0 Å². The van der Waals surface area contributed by atoms with Crippen molar-refractivity contribution in [3.63, 3.8) is 0 Å². The van der Waals surface area contributed by atoms with Gasteiger partial charge in [0, 0.05) is 36.9 Å². The van der Waals surface area contributed by atoms with Crippen LogP contribution in [0.3, 0.4) is 0 Å². The number of imidazole rings is 1. The van der Waals surface area contributed by atoms with Crippen molar-refractivity contribution in [1.29, 1.82) is 0 Å². The number of hydrogen-bond donors (Lipinski definition) is 0. The molecule has 1 aliphatic heterocycles. The molecule has 1 aliphatic rings. The van der Waals surface area contributed by atoms with Crippen LogP contribution in [0.15, 0.2) is 40.9 Å². The number of benzene rings is 2. The van der Waals surface area contributed by atoms with Crippen LogP contribution >= 0.6 is 0 Å². The van der Waals surface area contributed by atoms with Crippen molar-refractivity contribution in [3.05, 3.63) is 65.3 Å². The monoisotopic (exact) mass is 580 g/mol. The molecule has 42 heavy (non-hydrogen) atoms. The van der Waals surface area contributed by atoms with E-state index in [0.717, 1.165) is 70.8 Å². The van der Waals surface area contributed by atoms with Gasteiger partial charge in [-0.3, -0.25) is 4.79 Å². The molecule has 0 saturated carbocycles. The lowest BCUT2D eigenvalue weighted by Gasteiger charge is -2.36. The number of nitrogens with zero attached hydrogens (tertiary/aromatic N) is 4. The Morgan fingerprint density at radius 3 is 2.50 bits per heavy atom. The Morgan fingerprint density at radius 2 is 1.86 bits per heavy atom. The minimum absolute atomic E-state index is 0.0537. The fraction of sp³-hybridized carbons (Fsp3) is 0.485. The van der Waals surface area contributed by atoms with Gasteiger partial charge in [0.2, 0.25) is 5.91 Å². The minimum Gasteiger partial charge on any atom is -0.381 e. The zero-order valence-electron chi connectivity index (χ0n) is 25.7. The van der Waals surface area contributed by atoms with Crippen LogP contribution in [0.4, 0.5) is 14.5 Å². The fourth-order valence-corrected chi connectivity index (χ4v) is 5.98. The molecule has 0 unspecified atom stereocenters. The Hall–Kier alpha value is -3.59.